The van der Waals surface area contributed by atoms with Crippen molar-refractivity contribution >= 4 is 27.5 Å². The summed E-state index contributed by atoms with van der Waals surface area (Å²) in [6, 6.07) is 16.5. The van der Waals surface area contributed by atoms with Gasteiger partial charge in [-0.3, -0.25) is 0 Å². The van der Waals surface area contributed by atoms with Crippen LogP contribution in [0.4, 0.5) is 0 Å². The van der Waals surface area contributed by atoms with Gasteiger partial charge in [0.25, 0.3) is 0 Å². The van der Waals surface area contributed by atoms with E-state index >= 15 is 0 Å². The second kappa shape index (κ2) is 5.84. The third-order valence-electron chi connectivity index (χ3n) is 2.96. The van der Waals surface area contributed by atoms with Crippen LogP contribution >= 0.6 is 27.5 Å². The van der Waals surface area contributed by atoms with Gasteiger partial charge in [0.05, 0.1) is 10.2 Å². The standard InChI is InChI=1S/C16H10BrClN2O/c17-13-14(10-5-2-1-3-6-10)19-16(20-15(13)18)11-7-4-8-12(21)9-11/h1-9,21H. The molecule has 3 nitrogen and oxygen atoms in total. The van der Waals surface area contributed by atoms with Crippen LogP contribution in [0.2, 0.25) is 5.15 Å². The van der Waals surface area contributed by atoms with Crippen LogP contribution in [0.3, 0.4) is 0 Å². The summed E-state index contributed by atoms with van der Waals surface area (Å²) in [7, 11) is 0. The minimum absolute atomic E-state index is 0.163. The Morgan fingerprint density at radius 3 is 2.33 bits per heavy atom. The number of rotatable bonds is 2. The van der Waals surface area contributed by atoms with Crippen LogP contribution in [0, 0.1) is 0 Å². The Kier molecular flexibility index (Phi) is 3.90. The monoisotopic (exact) mass is 360 g/mol. The fourth-order valence-corrected chi connectivity index (χ4v) is 2.56. The maximum absolute atomic E-state index is 9.59. The first kappa shape index (κ1) is 14.0. The minimum Gasteiger partial charge on any atom is -0.508 e. The fourth-order valence-electron chi connectivity index (χ4n) is 1.98. The van der Waals surface area contributed by atoms with Crippen molar-refractivity contribution in [2.45, 2.75) is 0 Å². The average molecular weight is 362 g/mol. The topological polar surface area (TPSA) is 46.0 Å². The molecule has 104 valence electrons. The molecule has 0 saturated carbocycles. The highest BCUT2D eigenvalue weighted by Crippen LogP contribution is 2.33. The molecule has 0 aliphatic heterocycles. The first-order valence-corrected chi connectivity index (χ1v) is 7.40. The molecule has 0 radical (unpaired) electrons. The third kappa shape index (κ3) is 2.91. The predicted molar refractivity (Wildman–Crippen MR) is 87.3 cm³/mol. The van der Waals surface area contributed by atoms with E-state index in [-0.39, 0.29) is 5.75 Å². The van der Waals surface area contributed by atoms with E-state index in [1.807, 2.05) is 36.4 Å². The largest absolute Gasteiger partial charge is 0.508 e. The molecule has 0 aliphatic rings. The van der Waals surface area contributed by atoms with E-state index in [1.54, 1.807) is 18.2 Å². The lowest BCUT2D eigenvalue weighted by atomic mass is 10.1. The molecule has 0 fully saturated rings. The Hall–Kier alpha value is -1.91. The Morgan fingerprint density at radius 1 is 0.905 bits per heavy atom. The number of phenols is 1. The van der Waals surface area contributed by atoms with E-state index in [0.717, 1.165) is 5.56 Å². The predicted octanol–water partition coefficient (Wildman–Crippen LogP) is 4.93. The van der Waals surface area contributed by atoms with Crippen molar-refractivity contribution in [2.24, 2.45) is 0 Å². The molecule has 0 atom stereocenters. The molecule has 1 heterocycles. The Bertz CT molecular complexity index is 794. The van der Waals surface area contributed by atoms with Crippen molar-refractivity contribution in [3.05, 3.63) is 64.2 Å². The maximum atomic E-state index is 9.59. The summed E-state index contributed by atoms with van der Waals surface area (Å²) in [5.41, 5.74) is 2.37. The van der Waals surface area contributed by atoms with Crippen molar-refractivity contribution in [3.8, 4) is 28.4 Å². The number of hydrogen-bond donors (Lipinski definition) is 1. The Morgan fingerprint density at radius 2 is 1.62 bits per heavy atom. The number of aromatic hydroxyl groups is 1. The molecule has 0 amide bonds. The van der Waals surface area contributed by atoms with Crippen LogP contribution in [-0.2, 0) is 0 Å². The van der Waals surface area contributed by atoms with Gasteiger partial charge >= 0.3 is 0 Å². The third-order valence-corrected chi connectivity index (χ3v) is 4.22. The zero-order chi connectivity index (χ0) is 14.8. The van der Waals surface area contributed by atoms with Crippen molar-refractivity contribution in [1.29, 1.82) is 0 Å². The lowest BCUT2D eigenvalue weighted by Crippen LogP contribution is -1.95. The van der Waals surface area contributed by atoms with Crippen LogP contribution in [-0.4, -0.2) is 15.1 Å². The van der Waals surface area contributed by atoms with E-state index in [4.69, 9.17) is 11.6 Å². The second-order valence-electron chi connectivity index (χ2n) is 4.42. The quantitative estimate of drug-likeness (QED) is 0.658. The average Bonchev–Trinajstić information content (AvgIpc) is 2.51. The zero-order valence-corrected chi connectivity index (χ0v) is 13.1. The number of nitrogens with zero attached hydrogens (tertiary/aromatic N) is 2. The van der Waals surface area contributed by atoms with Gasteiger partial charge in [0.2, 0.25) is 0 Å². The van der Waals surface area contributed by atoms with E-state index < -0.39 is 0 Å². The number of benzene rings is 2. The van der Waals surface area contributed by atoms with Gasteiger partial charge in [0.15, 0.2) is 5.82 Å². The summed E-state index contributed by atoms with van der Waals surface area (Å²) in [5.74, 6) is 0.634. The molecule has 5 heteroatoms. The van der Waals surface area contributed by atoms with Crippen molar-refractivity contribution in [3.63, 3.8) is 0 Å². The molecule has 0 bridgehead atoms. The van der Waals surface area contributed by atoms with Gasteiger partial charge < -0.3 is 5.11 Å². The SMILES string of the molecule is Oc1cccc(-c2nc(Cl)c(Br)c(-c3ccccc3)n2)c1. The molecular formula is C16H10BrClN2O. The van der Waals surface area contributed by atoms with Gasteiger partial charge in [-0.15, -0.1) is 0 Å². The van der Waals surface area contributed by atoms with Gasteiger partial charge in [-0.2, -0.15) is 0 Å². The zero-order valence-electron chi connectivity index (χ0n) is 10.8. The smallest absolute Gasteiger partial charge is 0.161 e. The summed E-state index contributed by atoms with van der Waals surface area (Å²) in [6.45, 7) is 0. The molecule has 1 aromatic heterocycles. The van der Waals surface area contributed by atoms with Gasteiger partial charge in [0, 0.05) is 11.1 Å². The molecule has 21 heavy (non-hydrogen) atoms. The molecule has 0 unspecified atom stereocenters. The number of aromatic nitrogens is 2. The molecule has 1 N–H and O–H groups in total. The molecule has 3 rings (SSSR count). The molecule has 3 aromatic rings. The Labute approximate surface area is 135 Å². The van der Waals surface area contributed by atoms with Gasteiger partial charge in [-0.05, 0) is 28.1 Å². The number of halogens is 2. The van der Waals surface area contributed by atoms with Crippen molar-refractivity contribution in [2.75, 3.05) is 0 Å². The van der Waals surface area contributed by atoms with E-state index in [2.05, 4.69) is 25.9 Å². The van der Waals surface area contributed by atoms with Gasteiger partial charge in [-0.1, -0.05) is 54.1 Å². The highest BCUT2D eigenvalue weighted by atomic mass is 79.9. The first-order valence-electron chi connectivity index (χ1n) is 6.23. The fraction of sp³-hybridized carbons (Fsp3) is 0. The van der Waals surface area contributed by atoms with Gasteiger partial charge in [-0.25, -0.2) is 9.97 Å². The summed E-state index contributed by atoms with van der Waals surface area (Å²) < 4.78 is 0.652. The molecular weight excluding hydrogens is 352 g/mol. The summed E-state index contributed by atoms with van der Waals surface area (Å²) in [5, 5.41) is 9.92. The summed E-state index contributed by atoms with van der Waals surface area (Å²) >= 11 is 9.63. The minimum atomic E-state index is 0.163. The highest BCUT2D eigenvalue weighted by molar-refractivity contribution is 9.10. The van der Waals surface area contributed by atoms with E-state index in [1.165, 1.54) is 0 Å². The number of hydrogen-bond acceptors (Lipinski definition) is 3. The van der Waals surface area contributed by atoms with Crippen LogP contribution in [0.15, 0.2) is 59.1 Å². The molecule has 0 saturated heterocycles. The van der Waals surface area contributed by atoms with Gasteiger partial charge in [0.1, 0.15) is 10.9 Å². The van der Waals surface area contributed by atoms with E-state index in [0.29, 0.717) is 26.7 Å². The number of phenolic OH excluding ortho intramolecular Hbond substituents is 1. The second-order valence-corrected chi connectivity index (χ2v) is 5.57. The normalized spacial score (nSPS) is 10.6. The molecule has 0 aliphatic carbocycles. The lowest BCUT2D eigenvalue weighted by molar-refractivity contribution is 0.475. The summed E-state index contributed by atoms with van der Waals surface area (Å²) in [6.07, 6.45) is 0. The Balaban J connectivity index is 2.19. The maximum Gasteiger partial charge on any atom is 0.161 e. The molecule has 0 spiro atoms. The summed E-state index contributed by atoms with van der Waals surface area (Å²) in [4.78, 5) is 8.83. The lowest BCUT2D eigenvalue weighted by Gasteiger charge is -2.08. The highest BCUT2D eigenvalue weighted by Gasteiger charge is 2.13. The van der Waals surface area contributed by atoms with Crippen LogP contribution in [0.5, 0.6) is 5.75 Å². The first-order chi connectivity index (χ1) is 10.1. The molecule has 2 aromatic carbocycles. The van der Waals surface area contributed by atoms with Crippen molar-refractivity contribution < 1.29 is 5.11 Å². The van der Waals surface area contributed by atoms with Crippen molar-refractivity contribution in [1.82, 2.24) is 9.97 Å². The van der Waals surface area contributed by atoms with Crippen LogP contribution in [0.25, 0.3) is 22.6 Å². The van der Waals surface area contributed by atoms with Crippen LogP contribution < -0.4 is 0 Å². The van der Waals surface area contributed by atoms with Crippen LogP contribution in [0.1, 0.15) is 0 Å². The van der Waals surface area contributed by atoms with E-state index in [9.17, 15) is 5.11 Å².